The van der Waals surface area contributed by atoms with Crippen LogP contribution in [0.4, 0.5) is 4.79 Å². The molecule has 0 aliphatic rings. The monoisotopic (exact) mass is 572 g/mol. The molecule has 2 atom stereocenters. The first-order chi connectivity index (χ1) is 16.4. The van der Waals surface area contributed by atoms with E-state index < -0.39 is 30.1 Å². The van der Waals surface area contributed by atoms with Gasteiger partial charge in [-0.25, -0.2) is 9.59 Å². The summed E-state index contributed by atoms with van der Waals surface area (Å²) in [7, 11) is 0. The van der Waals surface area contributed by atoms with Gasteiger partial charge in [-0.05, 0) is 51.4 Å². The molecule has 34 heavy (non-hydrogen) atoms. The van der Waals surface area contributed by atoms with E-state index in [1.54, 1.807) is 0 Å². The zero-order chi connectivity index (χ0) is 24.3. The van der Waals surface area contributed by atoms with Crippen LogP contribution in [0.1, 0.15) is 16.7 Å². The highest BCUT2D eigenvalue weighted by atomic mass is 127. The standard InChI is InChI=1S/C26H25IN2O5/c27-21-13-7-12-20(14-21)16-23(25(31)32)28-24(30)22(15-18-8-3-1-4-9-18)29-26(33)34-17-19-10-5-2-6-11-19/h1-14,22-23H,15-17H2,(H,28,30)(H,29,33)(H,31,32)/t22-,23-/m0/s1. The van der Waals surface area contributed by atoms with Gasteiger partial charge in [0.1, 0.15) is 18.7 Å². The predicted octanol–water partition coefficient (Wildman–Crippen LogP) is 3.94. The molecule has 0 radical (unpaired) electrons. The quantitative estimate of drug-likeness (QED) is 0.320. The summed E-state index contributed by atoms with van der Waals surface area (Å²) in [5.41, 5.74) is 2.41. The Morgan fingerprint density at radius 1 is 0.765 bits per heavy atom. The number of aliphatic carboxylic acids is 1. The number of rotatable bonds is 10. The van der Waals surface area contributed by atoms with Crippen molar-refractivity contribution in [3.05, 3.63) is 105 Å². The number of carbonyl (C=O) groups excluding carboxylic acids is 2. The Hall–Kier alpha value is -3.40. The van der Waals surface area contributed by atoms with E-state index in [1.165, 1.54) is 0 Å². The number of carboxylic acid groups (broad SMARTS) is 1. The molecule has 176 valence electrons. The average molecular weight is 572 g/mol. The van der Waals surface area contributed by atoms with Gasteiger partial charge in [0.05, 0.1) is 0 Å². The number of hydrogen-bond donors (Lipinski definition) is 3. The average Bonchev–Trinajstić information content (AvgIpc) is 2.83. The fourth-order valence-electron chi connectivity index (χ4n) is 3.34. The molecular weight excluding hydrogens is 547 g/mol. The second kappa shape index (κ2) is 12.7. The molecule has 0 saturated heterocycles. The molecule has 0 aliphatic carbocycles. The summed E-state index contributed by atoms with van der Waals surface area (Å²) in [6.45, 7) is 0.0523. The van der Waals surface area contributed by atoms with Crippen molar-refractivity contribution in [1.29, 1.82) is 0 Å². The Morgan fingerprint density at radius 2 is 1.35 bits per heavy atom. The number of amides is 2. The summed E-state index contributed by atoms with van der Waals surface area (Å²) < 4.78 is 6.23. The number of carbonyl (C=O) groups is 3. The zero-order valence-electron chi connectivity index (χ0n) is 18.3. The van der Waals surface area contributed by atoms with E-state index in [4.69, 9.17) is 4.74 Å². The lowest BCUT2D eigenvalue weighted by Gasteiger charge is -2.21. The molecule has 3 aromatic rings. The van der Waals surface area contributed by atoms with E-state index in [1.807, 2.05) is 84.9 Å². The topological polar surface area (TPSA) is 105 Å². The van der Waals surface area contributed by atoms with Crippen molar-refractivity contribution in [1.82, 2.24) is 10.6 Å². The van der Waals surface area contributed by atoms with Crippen LogP contribution in [0, 0.1) is 3.57 Å². The summed E-state index contributed by atoms with van der Waals surface area (Å²) in [5.74, 6) is -1.75. The largest absolute Gasteiger partial charge is 0.480 e. The lowest BCUT2D eigenvalue weighted by Crippen LogP contribution is -2.53. The molecule has 0 spiro atoms. The van der Waals surface area contributed by atoms with Gasteiger partial charge >= 0.3 is 12.1 Å². The summed E-state index contributed by atoms with van der Waals surface area (Å²) in [6, 6.07) is 23.6. The minimum absolute atomic E-state index is 0.0523. The summed E-state index contributed by atoms with van der Waals surface area (Å²) in [5, 5.41) is 14.8. The molecular formula is C26H25IN2O5. The van der Waals surface area contributed by atoms with Crippen molar-refractivity contribution in [2.75, 3.05) is 0 Å². The number of benzene rings is 3. The highest BCUT2D eigenvalue weighted by molar-refractivity contribution is 14.1. The molecule has 3 N–H and O–H groups in total. The van der Waals surface area contributed by atoms with Gasteiger partial charge in [0, 0.05) is 16.4 Å². The predicted molar refractivity (Wildman–Crippen MR) is 136 cm³/mol. The molecule has 2 amide bonds. The first-order valence-corrected chi connectivity index (χ1v) is 11.8. The smallest absolute Gasteiger partial charge is 0.408 e. The molecule has 0 saturated carbocycles. The van der Waals surface area contributed by atoms with Gasteiger partial charge in [-0.2, -0.15) is 0 Å². The first-order valence-electron chi connectivity index (χ1n) is 10.7. The first kappa shape index (κ1) is 25.2. The van der Waals surface area contributed by atoms with Crippen LogP contribution in [0.5, 0.6) is 0 Å². The Bertz CT molecular complexity index is 1110. The SMILES string of the molecule is O=C(N[C@@H](Cc1ccccc1)C(=O)N[C@@H](Cc1cccc(I)c1)C(=O)O)OCc1ccccc1. The Balaban J connectivity index is 1.69. The van der Waals surface area contributed by atoms with Crippen LogP contribution < -0.4 is 10.6 Å². The van der Waals surface area contributed by atoms with Crippen LogP contribution in [0.25, 0.3) is 0 Å². The van der Waals surface area contributed by atoms with Crippen molar-refractivity contribution in [2.45, 2.75) is 31.5 Å². The lowest BCUT2D eigenvalue weighted by molar-refractivity contribution is -0.142. The molecule has 0 aromatic heterocycles. The zero-order valence-corrected chi connectivity index (χ0v) is 20.5. The number of hydrogen-bond acceptors (Lipinski definition) is 4. The maximum atomic E-state index is 13.1. The third kappa shape index (κ3) is 8.18. The number of carboxylic acids is 1. The minimum atomic E-state index is -1.16. The van der Waals surface area contributed by atoms with E-state index in [2.05, 4.69) is 33.2 Å². The summed E-state index contributed by atoms with van der Waals surface area (Å²) in [6.07, 6.45) is -0.457. The van der Waals surface area contributed by atoms with Crippen molar-refractivity contribution < 1.29 is 24.2 Å². The van der Waals surface area contributed by atoms with Crippen molar-refractivity contribution in [2.24, 2.45) is 0 Å². The van der Waals surface area contributed by atoms with E-state index in [0.717, 1.165) is 20.3 Å². The third-order valence-electron chi connectivity index (χ3n) is 5.05. The van der Waals surface area contributed by atoms with E-state index >= 15 is 0 Å². The van der Waals surface area contributed by atoms with Gasteiger partial charge in [-0.15, -0.1) is 0 Å². The Kier molecular flexibility index (Phi) is 9.45. The molecule has 0 bridgehead atoms. The van der Waals surface area contributed by atoms with Gasteiger partial charge in [-0.3, -0.25) is 4.79 Å². The van der Waals surface area contributed by atoms with Crippen molar-refractivity contribution >= 4 is 40.6 Å². The van der Waals surface area contributed by atoms with Gasteiger partial charge in [0.2, 0.25) is 5.91 Å². The van der Waals surface area contributed by atoms with E-state index in [9.17, 15) is 19.5 Å². The summed E-state index contributed by atoms with van der Waals surface area (Å²) in [4.78, 5) is 37.4. The highest BCUT2D eigenvalue weighted by Gasteiger charge is 2.27. The van der Waals surface area contributed by atoms with Crippen LogP contribution in [0.2, 0.25) is 0 Å². The molecule has 7 nitrogen and oxygen atoms in total. The van der Waals surface area contributed by atoms with Crippen LogP contribution in [0.3, 0.4) is 0 Å². The maximum absolute atomic E-state index is 13.1. The fourth-order valence-corrected chi connectivity index (χ4v) is 3.95. The molecule has 0 heterocycles. The van der Waals surface area contributed by atoms with Crippen molar-refractivity contribution in [3.8, 4) is 0 Å². The second-order valence-corrected chi connectivity index (χ2v) is 8.93. The van der Waals surface area contributed by atoms with Crippen LogP contribution in [0.15, 0.2) is 84.9 Å². The normalized spacial score (nSPS) is 12.3. The van der Waals surface area contributed by atoms with Crippen LogP contribution in [-0.2, 0) is 33.8 Å². The highest BCUT2D eigenvalue weighted by Crippen LogP contribution is 2.11. The molecule has 8 heteroatoms. The van der Waals surface area contributed by atoms with Gasteiger partial charge in [0.15, 0.2) is 0 Å². The Labute approximate surface area is 211 Å². The van der Waals surface area contributed by atoms with E-state index in [-0.39, 0.29) is 19.4 Å². The van der Waals surface area contributed by atoms with Gasteiger partial charge < -0.3 is 20.5 Å². The fraction of sp³-hybridized carbons (Fsp3) is 0.192. The molecule has 3 rings (SSSR count). The number of alkyl carbamates (subject to hydrolysis) is 1. The molecule has 0 aliphatic heterocycles. The third-order valence-corrected chi connectivity index (χ3v) is 5.72. The number of ether oxygens (including phenoxy) is 1. The van der Waals surface area contributed by atoms with Gasteiger partial charge in [0.25, 0.3) is 0 Å². The van der Waals surface area contributed by atoms with Crippen molar-refractivity contribution in [3.63, 3.8) is 0 Å². The second-order valence-electron chi connectivity index (χ2n) is 7.68. The lowest BCUT2D eigenvalue weighted by atomic mass is 10.0. The van der Waals surface area contributed by atoms with E-state index in [0.29, 0.717) is 0 Å². The van der Waals surface area contributed by atoms with Crippen LogP contribution in [-0.4, -0.2) is 35.2 Å². The Morgan fingerprint density at radius 3 is 1.97 bits per heavy atom. The molecule has 3 aromatic carbocycles. The molecule has 0 fully saturated rings. The number of halogens is 1. The summed E-state index contributed by atoms with van der Waals surface area (Å²) >= 11 is 2.15. The molecule has 0 unspecified atom stereocenters. The van der Waals surface area contributed by atoms with Crippen LogP contribution >= 0.6 is 22.6 Å². The maximum Gasteiger partial charge on any atom is 0.408 e. The minimum Gasteiger partial charge on any atom is -0.480 e. The number of nitrogens with one attached hydrogen (secondary N) is 2. The van der Waals surface area contributed by atoms with Gasteiger partial charge in [-0.1, -0.05) is 72.8 Å².